The van der Waals surface area contributed by atoms with Crippen LogP contribution in [0.25, 0.3) is 22.3 Å². The third-order valence-corrected chi connectivity index (χ3v) is 4.75. The molecule has 0 aromatic heterocycles. The maximum atomic E-state index is 2.31. The Bertz CT molecular complexity index is 803. The molecule has 128 valence electrons. The van der Waals surface area contributed by atoms with E-state index in [1.54, 1.807) is 0 Å². The molecule has 0 atom stereocenters. The van der Waals surface area contributed by atoms with E-state index < -0.39 is 0 Å². The normalized spacial score (nSPS) is 11.2. The van der Waals surface area contributed by atoms with Crippen molar-refractivity contribution in [2.24, 2.45) is 0 Å². The average Bonchev–Trinajstić information content (AvgIpc) is 2.52. The lowest BCUT2D eigenvalue weighted by Crippen LogP contribution is -1.98. The monoisotopic (exact) mass is 328 g/mol. The Morgan fingerprint density at radius 2 is 0.920 bits per heavy atom. The molecule has 0 aliphatic carbocycles. The Hall–Kier alpha value is -2.34. The van der Waals surface area contributed by atoms with Gasteiger partial charge in [0.2, 0.25) is 0 Å². The lowest BCUT2D eigenvalue weighted by atomic mass is 9.84. The summed E-state index contributed by atoms with van der Waals surface area (Å²) in [6.45, 7) is 13.3. The first kappa shape index (κ1) is 17.5. The van der Waals surface area contributed by atoms with Gasteiger partial charge in [-0.15, -0.1) is 0 Å². The third-order valence-electron chi connectivity index (χ3n) is 4.75. The molecule has 0 bridgehead atoms. The molecule has 3 aromatic carbocycles. The molecule has 0 saturated carbocycles. The standard InChI is InChI=1S/C25H28/c1-16(2)25-23(21-12-17(3)10-18(4)13-21)8-7-9-24(25)22-14-19(5)11-20(6)15-22/h7-16H,1-6H3. The van der Waals surface area contributed by atoms with Gasteiger partial charge in [0.1, 0.15) is 0 Å². The summed E-state index contributed by atoms with van der Waals surface area (Å²) in [6.07, 6.45) is 0. The molecule has 25 heavy (non-hydrogen) atoms. The molecule has 0 heteroatoms. The van der Waals surface area contributed by atoms with Crippen molar-refractivity contribution in [1.82, 2.24) is 0 Å². The van der Waals surface area contributed by atoms with Crippen LogP contribution in [0.5, 0.6) is 0 Å². The maximum absolute atomic E-state index is 2.31. The Morgan fingerprint density at radius 1 is 0.560 bits per heavy atom. The zero-order valence-electron chi connectivity index (χ0n) is 16.3. The van der Waals surface area contributed by atoms with E-state index in [9.17, 15) is 0 Å². The summed E-state index contributed by atoms with van der Waals surface area (Å²) in [5.41, 5.74) is 12.1. The topological polar surface area (TPSA) is 0 Å². The second kappa shape index (κ2) is 6.88. The molecule has 0 saturated heterocycles. The molecule has 0 N–H and O–H groups in total. The van der Waals surface area contributed by atoms with Crippen LogP contribution in [-0.4, -0.2) is 0 Å². The van der Waals surface area contributed by atoms with Gasteiger partial charge in [0.05, 0.1) is 0 Å². The van der Waals surface area contributed by atoms with Gasteiger partial charge in [-0.3, -0.25) is 0 Å². The minimum atomic E-state index is 0.466. The number of benzene rings is 3. The van der Waals surface area contributed by atoms with Crippen LogP contribution >= 0.6 is 0 Å². The Balaban J connectivity index is 2.28. The number of hydrogen-bond donors (Lipinski definition) is 0. The second-order valence-corrected chi connectivity index (χ2v) is 7.67. The number of hydrogen-bond acceptors (Lipinski definition) is 0. The maximum Gasteiger partial charge on any atom is -0.0143 e. The van der Waals surface area contributed by atoms with Crippen LogP contribution in [0.1, 0.15) is 47.6 Å². The summed E-state index contributed by atoms with van der Waals surface area (Å²) in [5, 5.41) is 0. The fourth-order valence-electron chi connectivity index (χ4n) is 3.95. The predicted molar refractivity (Wildman–Crippen MR) is 110 cm³/mol. The van der Waals surface area contributed by atoms with Crippen molar-refractivity contribution in [2.75, 3.05) is 0 Å². The fourth-order valence-corrected chi connectivity index (χ4v) is 3.95. The third kappa shape index (κ3) is 3.69. The summed E-state index contributed by atoms with van der Waals surface area (Å²) < 4.78 is 0. The van der Waals surface area contributed by atoms with E-state index in [1.165, 1.54) is 50.1 Å². The van der Waals surface area contributed by atoms with Crippen LogP contribution in [0.3, 0.4) is 0 Å². The van der Waals surface area contributed by atoms with Crippen LogP contribution in [0.2, 0.25) is 0 Å². The Morgan fingerprint density at radius 3 is 1.24 bits per heavy atom. The summed E-state index contributed by atoms with van der Waals surface area (Å²) in [4.78, 5) is 0. The van der Waals surface area contributed by atoms with Crippen LogP contribution in [0.15, 0.2) is 54.6 Å². The second-order valence-electron chi connectivity index (χ2n) is 7.67. The lowest BCUT2D eigenvalue weighted by Gasteiger charge is -2.20. The summed E-state index contributed by atoms with van der Waals surface area (Å²) in [6, 6.07) is 20.5. The van der Waals surface area contributed by atoms with E-state index >= 15 is 0 Å². The minimum absolute atomic E-state index is 0.466. The van der Waals surface area contributed by atoms with Crippen LogP contribution in [-0.2, 0) is 0 Å². The molecule has 3 rings (SSSR count). The molecule has 0 amide bonds. The summed E-state index contributed by atoms with van der Waals surface area (Å²) in [7, 11) is 0. The van der Waals surface area contributed by atoms with Crippen molar-refractivity contribution < 1.29 is 0 Å². The van der Waals surface area contributed by atoms with Gasteiger partial charge >= 0.3 is 0 Å². The first-order valence-corrected chi connectivity index (χ1v) is 9.15. The summed E-state index contributed by atoms with van der Waals surface area (Å²) in [5.74, 6) is 0.466. The molecule has 0 fully saturated rings. The van der Waals surface area contributed by atoms with Crippen LogP contribution in [0, 0.1) is 27.7 Å². The fraction of sp³-hybridized carbons (Fsp3) is 0.280. The van der Waals surface area contributed by atoms with Crippen molar-refractivity contribution in [3.8, 4) is 22.3 Å². The van der Waals surface area contributed by atoms with Gasteiger partial charge in [-0.25, -0.2) is 0 Å². The first-order valence-electron chi connectivity index (χ1n) is 9.15. The van der Waals surface area contributed by atoms with E-state index in [4.69, 9.17) is 0 Å². The van der Waals surface area contributed by atoms with Gasteiger partial charge in [-0.2, -0.15) is 0 Å². The zero-order chi connectivity index (χ0) is 18.1. The highest BCUT2D eigenvalue weighted by atomic mass is 14.2. The number of aryl methyl sites for hydroxylation is 4. The quantitative estimate of drug-likeness (QED) is 0.470. The smallest absolute Gasteiger partial charge is 0.0143 e. The van der Waals surface area contributed by atoms with Crippen molar-refractivity contribution in [3.63, 3.8) is 0 Å². The number of rotatable bonds is 3. The molecule has 0 aliphatic rings. The van der Waals surface area contributed by atoms with Gasteiger partial charge < -0.3 is 0 Å². The van der Waals surface area contributed by atoms with Gasteiger partial charge in [0, 0.05) is 0 Å². The highest BCUT2D eigenvalue weighted by Crippen LogP contribution is 2.38. The van der Waals surface area contributed by atoms with Gasteiger partial charge in [-0.1, -0.05) is 90.7 Å². The molecule has 3 aromatic rings. The molecular weight excluding hydrogens is 300 g/mol. The van der Waals surface area contributed by atoms with Crippen molar-refractivity contribution in [3.05, 3.63) is 82.4 Å². The van der Waals surface area contributed by atoms with E-state index in [0.717, 1.165) is 0 Å². The highest BCUT2D eigenvalue weighted by molar-refractivity contribution is 5.80. The van der Waals surface area contributed by atoms with E-state index in [2.05, 4.69) is 96.1 Å². The van der Waals surface area contributed by atoms with E-state index in [1.807, 2.05) is 0 Å². The molecular formula is C25H28. The van der Waals surface area contributed by atoms with Gasteiger partial charge in [0.15, 0.2) is 0 Å². The Kier molecular flexibility index (Phi) is 4.81. The Labute approximate surface area is 152 Å². The first-order chi connectivity index (χ1) is 11.8. The molecule has 0 heterocycles. The largest absolute Gasteiger partial charge is 0.0610 e. The SMILES string of the molecule is Cc1cc(C)cc(-c2cccc(-c3cc(C)cc(C)c3)c2C(C)C)c1. The highest BCUT2D eigenvalue weighted by Gasteiger charge is 2.15. The summed E-state index contributed by atoms with van der Waals surface area (Å²) >= 11 is 0. The lowest BCUT2D eigenvalue weighted by molar-refractivity contribution is 0.871. The molecule has 0 unspecified atom stereocenters. The molecule has 0 radical (unpaired) electrons. The molecule has 0 aliphatic heterocycles. The van der Waals surface area contributed by atoms with Crippen molar-refractivity contribution in [2.45, 2.75) is 47.5 Å². The van der Waals surface area contributed by atoms with Crippen molar-refractivity contribution in [1.29, 1.82) is 0 Å². The van der Waals surface area contributed by atoms with Crippen LogP contribution < -0.4 is 0 Å². The van der Waals surface area contributed by atoms with Gasteiger partial charge in [0.25, 0.3) is 0 Å². The van der Waals surface area contributed by atoms with E-state index in [-0.39, 0.29) is 0 Å². The van der Waals surface area contributed by atoms with E-state index in [0.29, 0.717) is 5.92 Å². The zero-order valence-corrected chi connectivity index (χ0v) is 16.3. The average molecular weight is 328 g/mol. The molecule has 0 spiro atoms. The van der Waals surface area contributed by atoms with Crippen LogP contribution in [0.4, 0.5) is 0 Å². The molecule has 0 nitrogen and oxygen atoms in total. The van der Waals surface area contributed by atoms with Gasteiger partial charge in [-0.05, 0) is 61.4 Å². The van der Waals surface area contributed by atoms with Crippen molar-refractivity contribution >= 4 is 0 Å². The minimum Gasteiger partial charge on any atom is -0.0610 e. The predicted octanol–water partition coefficient (Wildman–Crippen LogP) is 7.38.